The molecular formula is C10H13NO4. The van der Waals surface area contributed by atoms with Gasteiger partial charge in [0.15, 0.2) is 0 Å². The van der Waals surface area contributed by atoms with Gasteiger partial charge in [-0.3, -0.25) is 0 Å². The van der Waals surface area contributed by atoms with Gasteiger partial charge in [0.2, 0.25) is 11.7 Å². The van der Waals surface area contributed by atoms with E-state index in [-0.39, 0.29) is 11.2 Å². The molecular weight excluding hydrogens is 198 g/mol. The van der Waals surface area contributed by atoms with Crippen LogP contribution in [0.2, 0.25) is 0 Å². The summed E-state index contributed by atoms with van der Waals surface area (Å²) in [6.07, 6.45) is 0.812. The summed E-state index contributed by atoms with van der Waals surface area (Å²) >= 11 is 0. The zero-order valence-corrected chi connectivity index (χ0v) is 8.74. The molecule has 1 fully saturated rings. The average molecular weight is 211 g/mol. The van der Waals surface area contributed by atoms with Crippen LogP contribution in [0.15, 0.2) is 4.42 Å². The molecule has 5 nitrogen and oxygen atoms in total. The fourth-order valence-corrected chi connectivity index (χ4v) is 1.69. The van der Waals surface area contributed by atoms with Crippen molar-refractivity contribution in [3.8, 4) is 0 Å². The van der Waals surface area contributed by atoms with E-state index < -0.39 is 5.97 Å². The van der Waals surface area contributed by atoms with Crippen molar-refractivity contribution in [1.29, 1.82) is 0 Å². The number of aromatic carboxylic acids is 1. The third-order valence-electron chi connectivity index (χ3n) is 2.73. The summed E-state index contributed by atoms with van der Waals surface area (Å²) in [4.78, 5) is 14.9. The van der Waals surface area contributed by atoms with Gasteiger partial charge in [0.05, 0.1) is 17.7 Å². The van der Waals surface area contributed by atoms with Gasteiger partial charge in [-0.15, -0.1) is 0 Å². The number of aromatic nitrogens is 1. The number of hydrogen-bond donors (Lipinski definition) is 1. The van der Waals surface area contributed by atoms with Crippen molar-refractivity contribution < 1.29 is 19.1 Å². The van der Waals surface area contributed by atoms with Crippen molar-refractivity contribution in [2.75, 3.05) is 13.2 Å². The second-order valence-electron chi connectivity index (χ2n) is 4.10. The summed E-state index contributed by atoms with van der Waals surface area (Å²) < 4.78 is 10.5. The number of nitrogens with zero attached hydrogens (tertiary/aromatic N) is 1. The van der Waals surface area contributed by atoms with Gasteiger partial charge < -0.3 is 14.3 Å². The van der Waals surface area contributed by atoms with Gasteiger partial charge in [-0.05, 0) is 20.3 Å². The lowest BCUT2D eigenvalue weighted by Gasteiger charge is -2.15. The van der Waals surface area contributed by atoms with E-state index >= 15 is 0 Å². The van der Waals surface area contributed by atoms with Gasteiger partial charge in [0.25, 0.3) is 0 Å². The lowest BCUT2D eigenvalue weighted by atomic mass is 9.90. The van der Waals surface area contributed by atoms with Crippen LogP contribution in [0, 0.1) is 6.92 Å². The summed E-state index contributed by atoms with van der Waals surface area (Å²) in [5.74, 6) is -0.679. The molecule has 1 aliphatic heterocycles. The lowest BCUT2D eigenvalue weighted by molar-refractivity contribution is 0.0656. The molecule has 1 atom stereocenters. The van der Waals surface area contributed by atoms with Gasteiger partial charge in [-0.25, -0.2) is 9.78 Å². The van der Waals surface area contributed by atoms with Gasteiger partial charge in [0, 0.05) is 6.61 Å². The molecule has 0 amide bonds. The van der Waals surface area contributed by atoms with E-state index in [2.05, 4.69) is 4.98 Å². The number of rotatable bonds is 2. The highest BCUT2D eigenvalue weighted by atomic mass is 16.5. The number of ether oxygens (including phenoxy) is 1. The monoisotopic (exact) mass is 211 g/mol. The van der Waals surface area contributed by atoms with Crippen molar-refractivity contribution >= 4 is 5.97 Å². The van der Waals surface area contributed by atoms with Gasteiger partial charge in [-0.1, -0.05) is 0 Å². The van der Waals surface area contributed by atoms with E-state index in [4.69, 9.17) is 14.3 Å². The standard InChI is InChI=1S/C10H13NO4/c1-6-7(8(12)13)15-9(11-6)10(2)3-4-14-5-10/h3-5H2,1-2H3,(H,12,13). The van der Waals surface area contributed by atoms with Crippen molar-refractivity contribution in [3.05, 3.63) is 17.3 Å². The summed E-state index contributed by atoms with van der Waals surface area (Å²) in [7, 11) is 0. The highest BCUT2D eigenvalue weighted by molar-refractivity contribution is 5.85. The SMILES string of the molecule is Cc1nc(C2(C)CCOC2)oc1C(=O)O. The van der Waals surface area contributed by atoms with Crippen molar-refractivity contribution in [3.63, 3.8) is 0 Å². The fourth-order valence-electron chi connectivity index (χ4n) is 1.69. The minimum absolute atomic E-state index is 0.0712. The number of carbonyl (C=O) groups is 1. The molecule has 1 aromatic heterocycles. The zero-order valence-electron chi connectivity index (χ0n) is 8.74. The van der Waals surface area contributed by atoms with E-state index in [1.165, 1.54) is 0 Å². The van der Waals surface area contributed by atoms with Crippen LogP contribution < -0.4 is 0 Å². The molecule has 0 bridgehead atoms. The van der Waals surface area contributed by atoms with Crippen molar-refractivity contribution in [1.82, 2.24) is 4.98 Å². The quantitative estimate of drug-likeness (QED) is 0.799. The maximum absolute atomic E-state index is 10.8. The second kappa shape index (κ2) is 3.34. The van der Waals surface area contributed by atoms with E-state index in [0.717, 1.165) is 6.42 Å². The van der Waals surface area contributed by atoms with Crippen LogP contribution >= 0.6 is 0 Å². The molecule has 0 spiro atoms. The van der Waals surface area contributed by atoms with Crippen LogP contribution in [0.4, 0.5) is 0 Å². The maximum atomic E-state index is 10.8. The number of oxazole rings is 1. The Morgan fingerprint density at radius 2 is 2.33 bits per heavy atom. The van der Waals surface area contributed by atoms with Gasteiger partial charge >= 0.3 is 5.97 Å². The first-order chi connectivity index (χ1) is 7.03. The Morgan fingerprint density at radius 1 is 1.60 bits per heavy atom. The Kier molecular flexibility index (Phi) is 2.26. The van der Waals surface area contributed by atoms with Crippen LogP contribution in [0.5, 0.6) is 0 Å². The highest BCUT2D eigenvalue weighted by Gasteiger charge is 2.37. The summed E-state index contributed by atoms with van der Waals surface area (Å²) in [5.41, 5.74) is 0.143. The van der Waals surface area contributed by atoms with Crippen LogP contribution in [0.25, 0.3) is 0 Å². The third-order valence-corrected chi connectivity index (χ3v) is 2.73. The summed E-state index contributed by atoms with van der Waals surface area (Å²) in [6, 6.07) is 0. The van der Waals surface area contributed by atoms with E-state index in [9.17, 15) is 4.79 Å². The van der Waals surface area contributed by atoms with Crippen LogP contribution in [-0.2, 0) is 10.2 Å². The molecule has 1 aromatic rings. The molecule has 2 rings (SSSR count). The van der Waals surface area contributed by atoms with Gasteiger partial charge in [0.1, 0.15) is 0 Å². The Labute approximate surface area is 87.1 Å². The summed E-state index contributed by atoms with van der Waals surface area (Å²) in [5, 5.41) is 8.84. The van der Waals surface area contributed by atoms with E-state index in [0.29, 0.717) is 24.8 Å². The highest BCUT2D eigenvalue weighted by Crippen LogP contribution is 2.32. The topological polar surface area (TPSA) is 72.6 Å². The largest absolute Gasteiger partial charge is 0.475 e. The Morgan fingerprint density at radius 3 is 2.80 bits per heavy atom. The molecule has 15 heavy (non-hydrogen) atoms. The molecule has 1 N–H and O–H groups in total. The van der Waals surface area contributed by atoms with Gasteiger partial charge in [-0.2, -0.15) is 0 Å². The normalized spacial score (nSPS) is 25.7. The first-order valence-corrected chi connectivity index (χ1v) is 4.82. The molecule has 0 radical (unpaired) electrons. The molecule has 0 saturated carbocycles. The second-order valence-corrected chi connectivity index (χ2v) is 4.10. The molecule has 1 unspecified atom stereocenters. The molecule has 1 aliphatic rings. The lowest BCUT2D eigenvalue weighted by Crippen LogP contribution is -2.22. The number of hydrogen-bond acceptors (Lipinski definition) is 4. The van der Waals surface area contributed by atoms with Crippen molar-refractivity contribution in [2.45, 2.75) is 25.7 Å². The minimum atomic E-state index is -1.08. The maximum Gasteiger partial charge on any atom is 0.373 e. The Hall–Kier alpha value is -1.36. The molecule has 0 aliphatic carbocycles. The van der Waals surface area contributed by atoms with Crippen molar-refractivity contribution in [2.24, 2.45) is 0 Å². The van der Waals surface area contributed by atoms with E-state index in [1.54, 1.807) is 6.92 Å². The van der Waals surface area contributed by atoms with E-state index in [1.807, 2.05) is 6.92 Å². The number of aryl methyl sites for hydroxylation is 1. The minimum Gasteiger partial charge on any atom is -0.475 e. The van der Waals surface area contributed by atoms with Crippen LogP contribution in [0.1, 0.15) is 35.5 Å². The predicted molar refractivity (Wildman–Crippen MR) is 51.0 cm³/mol. The Bertz CT molecular complexity index is 390. The fraction of sp³-hybridized carbons (Fsp3) is 0.600. The number of carboxylic acids is 1. The Balaban J connectivity index is 2.37. The third kappa shape index (κ3) is 1.63. The zero-order chi connectivity index (χ0) is 11.1. The molecule has 1 saturated heterocycles. The first kappa shape index (κ1) is 10.2. The van der Waals surface area contributed by atoms with Crippen LogP contribution in [-0.4, -0.2) is 29.3 Å². The predicted octanol–water partition coefficient (Wildman–Crippen LogP) is 1.36. The molecule has 0 aromatic carbocycles. The molecule has 5 heteroatoms. The smallest absolute Gasteiger partial charge is 0.373 e. The molecule has 82 valence electrons. The first-order valence-electron chi connectivity index (χ1n) is 4.82. The molecule has 2 heterocycles. The number of carboxylic acid groups (broad SMARTS) is 1. The average Bonchev–Trinajstić information content (AvgIpc) is 2.72. The summed E-state index contributed by atoms with van der Waals surface area (Å²) in [6.45, 7) is 4.80. The van der Waals surface area contributed by atoms with Crippen LogP contribution in [0.3, 0.4) is 0 Å².